The lowest BCUT2D eigenvalue weighted by molar-refractivity contribution is -0.120. The van der Waals surface area contributed by atoms with E-state index in [1.165, 1.54) is 37.4 Å². The third kappa shape index (κ3) is 4.27. The van der Waals surface area contributed by atoms with Crippen molar-refractivity contribution in [3.63, 3.8) is 0 Å². The SMILES string of the molecule is CN1C(C(=O)Nc2ccc(F)c(Cl)c2)CC(c2cccc(F)c2)NS1(=O)=O. The van der Waals surface area contributed by atoms with Crippen molar-refractivity contribution in [2.75, 3.05) is 12.4 Å². The Balaban J connectivity index is 1.85. The van der Waals surface area contributed by atoms with Gasteiger partial charge in [0.05, 0.1) is 11.1 Å². The fourth-order valence-electron chi connectivity index (χ4n) is 2.85. The van der Waals surface area contributed by atoms with Gasteiger partial charge >= 0.3 is 0 Å². The Kier molecular flexibility index (Phi) is 5.48. The highest BCUT2D eigenvalue weighted by Crippen LogP contribution is 2.29. The van der Waals surface area contributed by atoms with Gasteiger partial charge < -0.3 is 5.32 Å². The Morgan fingerprint density at radius 3 is 2.67 bits per heavy atom. The number of anilines is 1. The molecule has 2 aromatic rings. The monoisotopic (exact) mass is 415 g/mol. The van der Waals surface area contributed by atoms with Crippen LogP contribution in [0, 0.1) is 11.6 Å². The first kappa shape index (κ1) is 19.7. The number of halogens is 3. The summed E-state index contributed by atoms with van der Waals surface area (Å²) in [7, 11) is -2.69. The van der Waals surface area contributed by atoms with Gasteiger partial charge in [-0.15, -0.1) is 0 Å². The molecule has 27 heavy (non-hydrogen) atoms. The molecule has 1 saturated heterocycles. The molecule has 1 amide bonds. The average Bonchev–Trinajstić information content (AvgIpc) is 2.60. The molecule has 2 unspecified atom stereocenters. The number of amides is 1. The minimum Gasteiger partial charge on any atom is -0.325 e. The molecule has 2 N–H and O–H groups in total. The Morgan fingerprint density at radius 1 is 1.26 bits per heavy atom. The maximum Gasteiger partial charge on any atom is 0.280 e. The summed E-state index contributed by atoms with van der Waals surface area (Å²) in [6.45, 7) is 0. The topological polar surface area (TPSA) is 78.5 Å². The van der Waals surface area contributed by atoms with Crippen LogP contribution in [0.25, 0.3) is 0 Å². The van der Waals surface area contributed by atoms with Crippen molar-refractivity contribution in [3.8, 4) is 0 Å². The van der Waals surface area contributed by atoms with Crippen LogP contribution in [0.2, 0.25) is 5.02 Å². The summed E-state index contributed by atoms with van der Waals surface area (Å²) in [6.07, 6.45) is 0.0833. The van der Waals surface area contributed by atoms with E-state index in [1.54, 1.807) is 6.07 Å². The van der Waals surface area contributed by atoms with Crippen molar-refractivity contribution >= 4 is 33.4 Å². The molecule has 144 valence electrons. The number of carbonyl (C=O) groups excluding carboxylic acids is 1. The first-order chi connectivity index (χ1) is 12.7. The van der Waals surface area contributed by atoms with Gasteiger partial charge in [-0.25, -0.2) is 8.78 Å². The summed E-state index contributed by atoms with van der Waals surface area (Å²) in [4.78, 5) is 12.6. The average molecular weight is 416 g/mol. The normalized spacial score (nSPS) is 22.4. The van der Waals surface area contributed by atoms with Crippen molar-refractivity contribution in [1.82, 2.24) is 9.03 Å². The van der Waals surface area contributed by atoms with Crippen LogP contribution in [0.3, 0.4) is 0 Å². The van der Waals surface area contributed by atoms with Crippen LogP contribution in [0.5, 0.6) is 0 Å². The van der Waals surface area contributed by atoms with Crippen molar-refractivity contribution < 1.29 is 22.0 Å². The zero-order valence-electron chi connectivity index (χ0n) is 14.1. The molecule has 1 aliphatic rings. The second kappa shape index (κ2) is 7.51. The summed E-state index contributed by atoms with van der Waals surface area (Å²) < 4.78 is 54.9. The number of rotatable bonds is 3. The molecular weight excluding hydrogens is 400 g/mol. The van der Waals surface area contributed by atoms with Gasteiger partial charge in [0.25, 0.3) is 10.2 Å². The van der Waals surface area contributed by atoms with Gasteiger partial charge in [0.1, 0.15) is 17.7 Å². The maximum atomic E-state index is 13.5. The molecule has 0 aromatic heterocycles. The zero-order chi connectivity index (χ0) is 19.8. The smallest absolute Gasteiger partial charge is 0.280 e. The van der Waals surface area contributed by atoms with Crippen molar-refractivity contribution in [3.05, 3.63) is 64.7 Å². The van der Waals surface area contributed by atoms with Gasteiger partial charge in [0, 0.05) is 12.7 Å². The van der Waals surface area contributed by atoms with Crippen LogP contribution in [0.1, 0.15) is 18.0 Å². The highest BCUT2D eigenvalue weighted by Gasteiger charge is 2.40. The van der Waals surface area contributed by atoms with E-state index < -0.39 is 39.8 Å². The van der Waals surface area contributed by atoms with Crippen LogP contribution in [0.4, 0.5) is 14.5 Å². The Bertz CT molecular complexity index is 987. The highest BCUT2D eigenvalue weighted by molar-refractivity contribution is 7.87. The van der Waals surface area contributed by atoms with E-state index in [-0.39, 0.29) is 17.1 Å². The standard InChI is InChI=1S/C17H16ClF2N3O3S/c1-23-16(17(24)21-12-5-6-14(20)13(18)8-12)9-15(22-27(23,25)26)10-3-2-4-11(19)7-10/h2-8,15-16,22H,9H2,1H3,(H,21,24). The van der Waals surface area contributed by atoms with E-state index in [1.807, 2.05) is 0 Å². The molecule has 2 atom stereocenters. The van der Waals surface area contributed by atoms with E-state index in [4.69, 9.17) is 11.6 Å². The van der Waals surface area contributed by atoms with E-state index in [0.29, 0.717) is 5.56 Å². The zero-order valence-corrected chi connectivity index (χ0v) is 15.7. The van der Waals surface area contributed by atoms with Crippen LogP contribution in [-0.4, -0.2) is 31.7 Å². The molecule has 0 radical (unpaired) electrons. The predicted molar refractivity (Wildman–Crippen MR) is 97.4 cm³/mol. The quantitative estimate of drug-likeness (QED) is 0.809. The van der Waals surface area contributed by atoms with Crippen LogP contribution >= 0.6 is 11.6 Å². The number of likely N-dealkylation sites (N-methyl/N-ethyl adjacent to an activating group) is 1. The van der Waals surface area contributed by atoms with E-state index in [9.17, 15) is 22.0 Å². The summed E-state index contributed by atoms with van der Waals surface area (Å²) in [5.74, 6) is -1.75. The van der Waals surface area contributed by atoms with Gasteiger partial charge in [-0.3, -0.25) is 4.79 Å². The third-order valence-corrected chi connectivity index (χ3v) is 6.19. The van der Waals surface area contributed by atoms with E-state index in [2.05, 4.69) is 10.0 Å². The second-order valence-electron chi connectivity index (χ2n) is 6.12. The molecule has 3 rings (SSSR count). The lowest BCUT2D eigenvalue weighted by Gasteiger charge is -2.36. The molecule has 0 spiro atoms. The first-order valence-electron chi connectivity index (χ1n) is 7.94. The first-order valence-corrected chi connectivity index (χ1v) is 9.76. The summed E-state index contributed by atoms with van der Waals surface area (Å²) in [5.41, 5.74) is 0.646. The number of hydrogen-bond acceptors (Lipinski definition) is 3. The van der Waals surface area contributed by atoms with Gasteiger partial charge in [0.15, 0.2) is 0 Å². The van der Waals surface area contributed by atoms with Crippen molar-refractivity contribution in [2.24, 2.45) is 0 Å². The molecule has 0 bridgehead atoms. The van der Waals surface area contributed by atoms with Gasteiger partial charge in [-0.1, -0.05) is 23.7 Å². The largest absolute Gasteiger partial charge is 0.325 e. The Hall–Kier alpha value is -2.07. The van der Waals surface area contributed by atoms with E-state index >= 15 is 0 Å². The molecule has 0 aliphatic carbocycles. The van der Waals surface area contributed by atoms with E-state index in [0.717, 1.165) is 10.4 Å². The molecule has 1 aliphatic heterocycles. The fourth-order valence-corrected chi connectivity index (χ4v) is 4.30. The minimum atomic E-state index is -3.96. The van der Waals surface area contributed by atoms with Crippen LogP contribution in [-0.2, 0) is 15.0 Å². The summed E-state index contributed by atoms with van der Waals surface area (Å²) in [5, 5.41) is 2.36. The molecule has 6 nitrogen and oxygen atoms in total. The van der Waals surface area contributed by atoms with Crippen molar-refractivity contribution in [1.29, 1.82) is 0 Å². The van der Waals surface area contributed by atoms with Crippen molar-refractivity contribution in [2.45, 2.75) is 18.5 Å². The molecule has 2 aromatic carbocycles. The Labute approximate surface area is 160 Å². The maximum absolute atomic E-state index is 13.5. The fraction of sp³-hybridized carbons (Fsp3) is 0.235. The second-order valence-corrected chi connectivity index (χ2v) is 8.29. The van der Waals surface area contributed by atoms with Crippen LogP contribution in [0.15, 0.2) is 42.5 Å². The Morgan fingerprint density at radius 2 is 2.00 bits per heavy atom. The number of carbonyl (C=O) groups is 1. The molecule has 10 heteroatoms. The molecule has 1 fully saturated rings. The number of benzene rings is 2. The highest BCUT2D eigenvalue weighted by atomic mass is 35.5. The summed E-state index contributed by atoms with van der Waals surface area (Å²) in [6, 6.07) is 7.33. The molecular formula is C17H16ClF2N3O3S. The van der Waals surface area contributed by atoms with Gasteiger partial charge in [0.2, 0.25) is 5.91 Å². The van der Waals surface area contributed by atoms with Crippen LogP contribution < -0.4 is 10.0 Å². The number of nitrogens with one attached hydrogen (secondary N) is 2. The number of hydrogen-bond donors (Lipinski definition) is 2. The minimum absolute atomic E-state index is 0.0833. The lowest BCUT2D eigenvalue weighted by atomic mass is 9.99. The third-order valence-electron chi connectivity index (χ3n) is 4.31. The number of nitrogens with zero attached hydrogens (tertiary/aromatic N) is 1. The lowest BCUT2D eigenvalue weighted by Crippen LogP contribution is -2.55. The molecule has 1 heterocycles. The predicted octanol–water partition coefficient (Wildman–Crippen LogP) is 2.84. The van der Waals surface area contributed by atoms with Gasteiger partial charge in [-0.2, -0.15) is 17.4 Å². The van der Waals surface area contributed by atoms with Gasteiger partial charge in [-0.05, 0) is 42.3 Å². The summed E-state index contributed by atoms with van der Waals surface area (Å²) >= 11 is 5.70. The molecule has 0 saturated carbocycles.